The highest BCUT2D eigenvalue weighted by Crippen LogP contribution is 2.34. The summed E-state index contributed by atoms with van der Waals surface area (Å²) in [5.74, 6) is 0.192. The van der Waals surface area contributed by atoms with Crippen LogP contribution in [0.5, 0.6) is 5.75 Å². The highest BCUT2D eigenvalue weighted by atomic mass is 16.3. The number of nitrogens with zero attached hydrogens (tertiary/aromatic N) is 3. The molecule has 2 aromatic carbocycles. The van der Waals surface area contributed by atoms with Crippen molar-refractivity contribution in [3.8, 4) is 11.4 Å². The molecule has 0 aliphatic carbocycles. The molecule has 2 N–H and O–H groups in total. The Morgan fingerprint density at radius 1 is 1.05 bits per heavy atom. The second kappa shape index (κ2) is 5.10. The number of benzene rings is 2. The lowest BCUT2D eigenvalue weighted by atomic mass is 9.86. The maximum Gasteiger partial charge on any atom is 0.146 e. The molecule has 0 spiro atoms. The summed E-state index contributed by atoms with van der Waals surface area (Å²) >= 11 is 0. The molecule has 0 aliphatic heterocycles. The van der Waals surface area contributed by atoms with Gasteiger partial charge in [0.25, 0.3) is 0 Å². The SMILES string of the molecule is CC(C)(C)c1cccc(-n2nc3ccc(CO)cc3n2)c1O. The van der Waals surface area contributed by atoms with E-state index < -0.39 is 0 Å². The molecule has 0 radical (unpaired) electrons. The molecule has 0 saturated heterocycles. The average molecular weight is 297 g/mol. The Hall–Kier alpha value is -2.40. The average Bonchev–Trinajstić information content (AvgIpc) is 2.88. The fraction of sp³-hybridized carbons (Fsp3) is 0.294. The first kappa shape index (κ1) is 14.5. The minimum absolute atomic E-state index is 0.0342. The molecule has 0 atom stereocenters. The lowest BCUT2D eigenvalue weighted by Gasteiger charge is -2.21. The summed E-state index contributed by atoms with van der Waals surface area (Å²) in [6.45, 7) is 6.11. The van der Waals surface area contributed by atoms with Crippen LogP contribution in [0.1, 0.15) is 31.9 Å². The zero-order valence-corrected chi connectivity index (χ0v) is 12.9. The summed E-state index contributed by atoms with van der Waals surface area (Å²) in [4.78, 5) is 1.44. The molecule has 0 fully saturated rings. The van der Waals surface area contributed by atoms with E-state index in [1.165, 1.54) is 4.80 Å². The van der Waals surface area contributed by atoms with Crippen molar-refractivity contribution in [2.24, 2.45) is 0 Å². The molecule has 0 aliphatic rings. The van der Waals surface area contributed by atoms with Crippen molar-refractivity contribution < 1.29 is 10.2 Å². The van der Waals surface area contributed by atoms with Crippen molar-refractivity contribution in [1.29, 1.82) is 0 Å². The van der Waals surface area contributed by atoms with Gasteiger partial charge in [0.15, 0.2) is 0 Å². The van der Waals surface area contributed by atoms with Gasteiger partial charge in [0, 0.05) is 5.56 Å². The Kier molecular flexibility index (Phi) is 3.37. The molecule has 0 amide bonds. The second-order valence-corrected chi connectivity index (χ2v) is 6.39. The van der Waals surface area contributed by atoms with Crippen molar-refractivity contribution in [1.82, 2.24) is 15.0 Å². The van der Waals surface area contributed by atoms with Crippen LogP contribution in [0.4, 0.5) is 0 Å². The van der Waals surface area contributed by atoms with Gasteiger partial charge in [0.05, 0.1) is 6.61 Å². The number of phenols is 1. The van der Waals surface area contributed by atoms with Gasteiger partial charge < -0.3 is 10.2 Å². The number of hydrogen-bond donors (Lipinski definition) is 2. The molecular formula is C17H19N3O2. The third-order valence-corrected chi connectivity index (χ3v) is 3.67. The Labute approximate surface area is 128 Å². The van der Waals surface area contributed by atoms with Gasteiger partial charge in [-0.25, -0.2) is 0 Å². The summed E-state index contributed by atoms with van der Waals surface area (Å²) in [5, 5.41) is 28.6. The summed E-state index contributed by atoms with van der Waals surface area (Å²) in [6, 6.07) is 11.0. The number of phenolic OH excluding ortho intramolecular Hbond substituents is 1. The molecule has 5 heteroatoms. The molecule has 5 nitrogen and oxygen atoms in total. The molecule has 0 saturated carbocycles. The summed E-state index contributed by atoms with van der Waals surface area (Å²) in [5.41, 5.74) is 3.42. The van der Waals surface area contributed by atoms with Gasteiger partial charge in [-0.3, -0.25) is 0 Å². The van der Waals surface area contributed by atoms with Gasteiger partial charge >= 0.3 is 0 Å². The van der Waals surface area contributed by atoms with E-state index in [1.807, 2.05) is 45.0 Å². The first-order valence-corrected chi connectivity index (χ1v) is 7.20. The maximum atomic E-state index is 10.6. The standard InChI is InChI=1S/C17H19N3O2/c1-17(2,3)12-5-4-6-15(16(12)22)20-18-13-8-7-11(10-21)9-14(13)19-20/h4-9,21-22H,10H2,1-3H3. The summed E-state index contributed by atoms with van der Waals surface area (Å²) < 4.78 is 0. The first-order chi connectivity index (χ1) is 10.4. The Morgan fingerprint density at radius 3 is 2.45 bits per heavy atom. The molecule has 0 unspecified atom stereocenters. The van der Waals surface area contributed by atoms with E-state index >= 15 is 0 Å². The molecule has 0 bridgehead atoms. The van der Waals surface area contributed by atoms with E-state index in [9.17, 15) is 10.2 Å². The highest BCUT2D eigenvalue weighted by molar-refractivity contribution is 5.75. The lowest BCUT2D eigenvalue weighted by molar-refractivity contribution is 0.282. The minimum atomic E-state index is -0.170. The molecule has 1 heterocycles. The number of para-hydroxylation sites is 1. The van der Waals surface area contributed by atoms with Gasteiger partial charge in [-0.1, -0.05) is 39.0 Å². The largest absolute Gasteiger partial charge is 0.505 e. The molecule has 22 heavy (non-hydrogen) atoms. The van der Waals surface area contributed by atoms with Gasteiger partial charge in [-0.15, -0.1) is 15.0 Å². The Morgan fingerprint density at radius 2 is 1.77 bits per heavy atom. The van der Waals surface area contributed by atoms with Crippen molar-refractivity contribution >= 4 is 11.0 Å². The van der Waals surface area contributed by atoms with Gasteiger partial charge in [0.1, 0.15) is 22.5 Å². The Bertz CT molecular complexity index is 832. The smallest absolute Gasteiger partial charge is 0.146 e. The predicted molar refractivity (Wildman–Crippen MR) is 85.2 cm³/mol. The zero-order chi connectivity index (χ0) is 15.9. The van der Waals surface area contributed by atoms with Crippen LogP contribution in [0.25, 0.3) is 16.7 Å². The number of hydrogen-bond acceptors (Lipinski definition) is 4. The molecular weight excluding hydrogens is 278 g/mol. The van der Waals surface area contributed by atoms with Crippen molar-refractivity contribution in [2.45, 2.75) is 32.8 Å². The monoisotopic (exact) mass is 297 g/mol. The van der Waals surface area contributed by atoms with Crippen molar-refractivity contribution in [3.63, 3.8) is 0 Å². The van der Waals surface area contributed by atoms with E-state index in [0.717, 1.165) is 16.6 Å². The van der Waals surface area contributed by atoms with Crippen LogP contribution in [-0.2, 0) is 12.0 Å². The predicted octanol–water partition coefficient (Wildman–Crippen LogP) is 2.92. The zero-order valence-electron chi connectivity index (χ0n) is 12.9. The second-order valence-electron chi connectivity index (χ2n) is 6.39. The van der Waals surface area contributed by atoms with E-state index in [-0.39, 0.29) is 17.8 Å². The summed E-state index contributed by atoms with van der Waals surface area (Å²) in [6.07, 6.45) is 0. The molecule has 114 valence electrons. The van der Waals surface area contributed by atoms with E-state index in [1.54, 1.807) is 12.1 Å². The number of rotatable bonds is 2. The minimum Gasteiger partial charge on any atom is -0.505 e. The highest BCUT2D eigenvalue weighted by Gasteiger charge is 2.21. The third kappa shape index (κ3) is 2.44. The van der Waals surface area contributed by atoms with E-state index in [0.29, 0.717) is 11.2 Å². The number of aliphatic hydroxyl groups excluding tert-OH is 1. The van der Waals surface area contributed by atoms with Crippen LogP contribution in [0.3, 0.4) is 0 Å². The van der Waals surface area contributed by atoms with Crippen LogP contribution in [0, 0.1) is 0 Å². The lowest BCUT2D eigenvalue weighted by Crippen LogP contribution is -2.12. The molecule has 3 aromatic rings. The van der Waals surface area contributed by atoms with Gasteiger partial charge in [-0.2, -0.15) is 0 Å². The molecule has 3 rings (SSSR count). The fourth-order valence-electron chi connectivity index (χ4n) is 2.46. The number of fused-ring (bicyclic) bond motifs is 1. The number of aromatic hydroxyl groups is 1. The van der Waals surface area contributed by atoms with Gasteiger partial charge in [-0.05, 0) is 29.2 Å². The topological polar surface area (TPSA) is 71.2 Å². The van der Waals surface area contributed by atoms with Crippen LogP contribution in [-0.4, -0.2) is 25.2 Å². The Balaban J connectivity index is 2.15. The maximum absolute atomic E-state index is 10.6. The van der Waals surface area contributed by atoms with Gasteiger partial charge in [0.2, 0.25) is 0 Å². The van der Waals surface area contributed by atoms with Crippen molar-refractivity contribution in [2.75, 3.05) is 0 Å². The quantitative estimate of drug-likeness (QED) is 0.763. The summed E-state index contributed by atoms with van der Waals surface area (Å²) in [7, 11) is 0. The van der Waals surface area contributed by atoms with Crippen LogP contribution >= 0.6 is 0 Å². The number of aromatic nitrogens is 3. The molecule has 1 aromatic heterocycles. The van der Waals surface area contributed by atoms with Crippen LogP contribution in [0.15, 0.2) is 36.4 Å². The van der Waals surface area contributed by atoms with E-state index in [4.69, 9.17) is 0 Å². The fourth-order valence-corrected chi connectivity index (χ4v) is 2.46. The van der Waals surface area contributed by atoms with E-state index in [2.05, 4.69) is 10.2 Å². The van der Waals surface area contributed by atoms with Crippen LogP contribution in [0.2, 0.25) is 0 Å². The number of aliphatic hydroxyl groups is 1. The van der Waals surface area contributed by atoms with Crippen molar-refractivity contribution in [3.05, 3.63) is 47.5 Å². The normalized spacial score (nSPS) is 12.0. The van der Waals surface area contributed by atoms with Crippen LogP contribution < -0.4 is 0 Å². The third-order valence-electron chi connectivity index (χ3n) is 3.67. The first-order valence-electron chi connectivity index (χ1n) is 7.20.